The van der Waals surface area contributed by atoms with Crippen molar-refractivity contribution in [1.29, 1.82) is 0 Å². The molecule has 14 heavy (non-hydrogen) atoms. The third kappa shape index (κ3) is 2.37. The molecule has 6 heteroatoms. The summed E-state index contributed by atoms with van der Waals surface area (Å²) in [6, 6.07) is -0.353. The highest BCUT2D eigenvalue weighted by Crippen LogP contribution is 2.34. The van der Waals surface area contributed by atoms with Crippen LogP contribution in [0.15, 0.2) is 23.8 Å². The highest BCUT2D eigenvalue weighted by atomic mass is 79.9. The van der Waals surface area contributed by atoms with Crippen molar-refractivity contribution in [3.8, 4) is 0 Å². The van der Waals surface area contributed by atoms with Crippen molar-refractivity contribution in [2.24, 2.45) is 5.73 Å². The molecular weight excluding hydrogens is 261 g/mol. The van der Waals surface area contributed by atoms with E-state index in [9.17, 15) is 13.2 Å². The zero-order chi connectivity index (χ0) is 11.0. The van der Waals surface area contributed by atoms with Crippen LogP contribution in [0.2, 0.25) is 0 Å². The van der Waals surface area contributed by atoms with Crippen LogP contribution in [0.1, 0.15) is 0 Å². The van der Waals surface area contributed by atoms with Crippen molar-refractivity contribution in [3.63, 3.8) is 0 Å². The minimum Gasteiger partial charge on any atom is -0.311 e. The highest BCUT2D eigenvalue weighted by molar-refractivity contribution is 9.10. The number of allylic oxidation sites excluding steroid dienone is 2. The van der Waals surface area contributed by atoms with E-state index < -0.39 is 16.2 Å². The van der Waals surface area contributed by atoms with Gasteiger partial charge in [0.15, 0.2) is 0 Å². The monoisotopic (exact) mass is 270 g/mol. The van der Waals surface area contributed by atoms with Crippen LogP contribution >= 0.6 is 15.9 Å². The smallest absolute Gasteiger partial charge is 0.311 e. The van der Waals surface area contributed by atoms with E-state index in [0.29, 0.717) is 0 Å². The fraction of sp³-hybridized carbons (Fsp3) is 0.500. The van der Waals surface area contributed by atoms with Crippen molar-refractivity contribution in [2.75, 3.05) is 7.05 Å². The maximum Gasteiger partial charge on any atom is 0.416 e. The van der Waals surface area contributed by atoms with E-state index in [-0.39, 0.29) is 6.04 Å². The van der Waals surface area contributed by atoms with Gasteiger partial charge in [-0.25, -0.2) is 0 Å². The molecule has 0 aromatic heterocycles. The molecule has 0 amide bonds. The SMILES string of the molecule is CNC1C=CC(C(F)(F)F)=CC1(N)Br. The van der Waals surface area contributed by atoms with Crippen molar-refractivity contribution in [1.82, 2.24) is 5.32 Å². The van der Waals surface area contributed by atoms with Gasteiger partial charge in [-0.15, -0.1) is 0 Å². The normalized spacial score (nSPS) is 33.0. The molecule has 0 saturated carbocycles. The molecule has 2 unspecified atom stereocenters. The maximum atomic E-state index is 12.3. The van der Waals surface area contributed by atoms with Gasteiger partial charge in [-0.05, 0) is 13.1 Å². The van der Waals surface area contributed by atoms with Gasteiger partial charge in [0.05, 0.1) is 11.6 Å². The van der Waals surface area contributed by atoms with Crippen LogP contribution < -0.4 is 11.1 Å². The number of rotatable bonds is 1. The van der Waals surface area contributed by atoms with Crippen molar-refractivity contribution in [2.45, 2.75) is 16.7 Å². The number of nitrogens with one attached hydrogen (secondary N) is 1. The van der Waals surface area contributed by atoms with Crippen LogP contribution in [-0.4, -0.2) is 23.7 Å². The average Bonchev–Trinajstić information content (AvgIpc) is 2.00. The Balaban J connectivity index is 2.97. The Hall–Kier alpha value is -0.330. The summed E-state index contributed by atoms with van der Waals surface area (Å²) in [7, 11) is 1.63. The fourth-order valence-corrected chi connectivity index (χ4v) is 1.85. The number of halogens is 4. The van der Waals surface area contributed by atoms with Crippen molar-refractivity contribution >= 4 is 15.9 Å². The lowest BCUT2D eigenvalue weighted by Crippen LogP contribution is -2.51. The first-order valence-corrected chi connectivity index (χ1v) is 4.70. The second kappa shape index (κ2) is 3.67. The van der Waals surface area contributed by atoms with E-state index in [2.05, 4.69) is 21.2 Å². The van der Waals surface area contributed by atoms with Crippen LogP contribution in [-0.2, 0) is 0 Å². The molecule has 0 fully saturated rings. The van der Waals surface area contributed by atoms with Crippen LogP contribution in [0.25, 0.3) is 0 Å². The molecule has 2 nitrogen and oxygen atoms in total. The molecule has 0 spiro atoms. The zero-order valence-corrected chi connectivity index (χ0v) is 8.98. The highest BCUT2D eigenvalue weighted by Gasteiger charge is 2.39. The molecule has 0 saturated heterocycles. The second-order valence-electron chi connectivity index (χ2n) is 3.05. The number of nitrogens with two attached hydrogens (primary N) is 1. The van der Waals surface area contributed by atoms with Gasteiger partial charge in [0.2, 0.25) is 0 Å². The molecule has 1 aliphatic rings. The van der Waals surface area contributed by atoms with Crippen LogP contribution in [0.3, 0.4) is 0 Å². The molecule has 3 N–H and O–H groups in total. The van der Waals surface area contributed by atoms with E-state index in [1.165, 1.54) is 6.08 Å². The summed E-state index contributed by atoms with van der Waals surface area (Å²) in [6.07, 6.45) is -0.979. The van der Waals surface area contributed by atoms with E-state index in [0.717, 1.165) is 12.2 Å². The van der Waals surface area contributed by atoms with Crippen LogP contribution in [0.5, 0.6) is 0 Å². The topological polar surface area (TPSA) is 38.0 Å². The summed E-state index contributed by atoms with van der Waals surface area (Å²) in [5.41, 5.74) is 4.91. The molecule has 1 rings (SSSR count). The molecule has 2 atom stereocenters. The largest absolute Gasteiger partial charge is 0.416 e. The Kier molecular flexibility index (Phi) is 3.08. The lowest BCUT2D eigenvalue weighted by molar-refractivity contribution is -0.0888. The predicted octanol–water partition coefficient (Wildman–Crippen LogP) is 1.68. The first kappa shape index (κ1) is 11.7. The summed E-state index contributed by atoms with van der Waals surface area (Å²) < 4.78 is 35.7. The van der Waals surface area contributed by atoms with Crippen molar-refractivity contribution < 1.29 is 13.2 Å². The third-order valence-corrected chi connectivity index (χ3v) is 2.68. The van der Waals surface area contributed by atoms with E-state index in [1.807, 2.05) is 0 Å². The second-order valence-corrected chi connectivity index (χ2v) is 4.42. The van der Waals surface area contributed by atoms with Gasteiger partial charge >= 0.3 is 6.18 Å². The first-order valence-electron chi connectivity index (χ1n) is 3.90. The summed E-state index contributed by atoms with van der Waals surface area (Å²) in [4.78, 5) is 0. The Morgan fingerprint density at radius 3 is 2.50 bits per heavy atom. The summed E-state index contributed by atoms with van der Waals surface area (Å²) in [6.45, 7) is 0. The van der Waals surface area contributed by atoms with Gasteiger partial charge in [-0.3, -0.25) is 0 Å². The van der Waals surface area contributed by atoms with Gasteiger partial charge in [-0.2, -0.15) is 13.2 Å². The third-order valence-electron chi connectivity index (χ3n) is 1.96. The Morgan fingerprint density at radius 2 is 2.14 bits per heavy atom. The van der Waals surface area contributed by atoms with E-state index in [1.54, 1.807) is 7.05 Å². The van der Waals surface area contributed by atoms with Crippen molar-refractivity contribution in [3.05, 3.63) is 23.8 Å². The molecule has 0 aliphatic heterocycles. The lowest BCUT2D eigenvalue weighted by Gasteiger charge is -2.31. The minimum atomic E-state index is -4.35. The molecule has 1 aliphatic carbocycles. The number of alkyl halides is 4. The van der Waals surface area contributed by atoms with Crippen LogP contribution in [0.4, 0.5) is 13.2 Å². The van der Waals surface area contributed by atoms with Gasteiger partial charge in [-0.1, -0.05) is 28.1 Å². The molecule has 0 aromatic rings. The number of hydrogen-bond donors (Lipinski definition) is 2. The first-order chi connectivity index (χ1) is 6.27. The zero-order valence-electron chi connectivity index (χ0n) is 7.40. The van der Waals surface area contributed by atoms with Gasteiger partial charge in [0, 0.05) is 0 Å². The molecule has 0 bridgehead atoms. The fourth-order valence-electron chi connectivity index (χ4n) is 1.22. The predicted molar refractivity (Wildman–Crippen MR) is 52.0 cm³/mol. The average molecular weight is 271 g/mol. The summed E-state index contributed by atoms with van der Waals surface area (Å²) in [5.74, 6) is 0. The lowest BCUT2D eigenvalue weighted by atomic mass is 9.98. The van der Waals surface area contributed by atoms with Gasteiger partial charge < -0.3 is 11.1 Å². The quantitative estimate of drug-likeness (QED) is 0.562. The molecule has 0 aromatic carbocycles. The summed E-state index contributed by atoms with van der Waals surface area (Å²) >= 11 is 3.04. The molecule has 80 valence electrons. The molecular formula is C8H10BrF3N2. The Bertz CT molecular complexity index is 281. The van der Waals surface area contributed by atoms with Gasteiger partial charge in [0.1, 0.15) is 4.45 Å². The van der Waals surface area contributed by atoms with E-state index in [4.69, 9.17) is 5.73 Å². The Labute approximate surface area is 88.2 Å². The summed E-state index contributed by atoms with van der Waals surface area (Å²) in [5, 5.41) is 2.80. The number of likely N-dealkylation sites (N-methyl/N-ethyl adjacent to an activating group) is 1. The molecule has 0 heterocycles. The standard InChI is InChI=1S/C8H10BrF3N2/c1-14-6-3-2-5(8(10,11)12)4-7(6,9)13/h2-4,6,14H,13H2,1H3. The number of hydrogen-bond acceptors (Lipinski definition) is 2. The minimum absolute atomic E-state index is 0.353. The van der Waals surface area contributed by atoms with E-state index >= 15 is 0 Å². The maximum absolute atomic E-state index is 12.3. The Morgan fingerprint density at radius 1 is 1.57 bits per heavy atom. The molecule has 0 radical (unpaired) electrons. The van der Waals surface area contributed by atoms with Crippen LogP contribution in [0, 0.1) is 0 Å². The van der Waals surface area contributed by atoms with Gasteiger partial charge in [0.25, 0.3) is 0 Å².